The Bertz CT molecular complexity index is 578. The second kappa shape index (κ2) is 8.27. The summed E-state index contributed by atoms with van der Waals surface area (Å²) in [6.45, 7) is 6.42. The minimum atomic E-state index is 0.0604. The lowest BCUT2D eigenvalue weighted by molar-refractivity contribution is -0.141. The number of likely N-dealkylation sites (tertiary alicyclic amines) is 1. The SMILES string of the molecule is CCCC(=O)N1CCC(C(=O)N2CCN(c3ncccn3)CC2)CC1. The first-order chi connectivity index (χ1) is 12.2. The Balaban J connectivity index is 1.46. The number of hydrogen-bond acceptors (Lipinski definition) is 5. The lowest BCUT2D eigenvalue weighted by Gasteiger charge is -2.38. The van der Waals surface area contributed by atoms with Crippen LogP contribution in [0.25, 0.3) is 0 Å². The number of amides is 2. The van der Waals surface area contributed by atoms with Crippen molar-refractivity contribution in [2.45, 2.75) is 32.6 Å². The highest BCUT2D eigenvalue weighted by atomic mass is 16.2. The third-order valence-corrected chi connectivity index (χ3v) is 5.09. The minimum Gasteiger partial charge on any atom is -0.343 e. The number of rotatable bonds is 4. The summed E-state index contributed by atoms with van der Waals surface area (Å²) in [5, 5.41) is 0. The van der Waals surface area contributed by atoms with Crippen LogP contribution in [0.2, 0.25) is 0 Å². The Hall–Kier alpha value is -2.18. The van der Waals surface area contributed by atoms with Crippen LogP contribution >= 0.6 is 0 Å². The molecule has 7 nitrogen and oxygen atoms in total. The first-order valence-electron chi connectivity index (χ1n) is 9.27. The van der Waals surface area contributed by atoms with Crippen LogP contribution < -0.4 is 4.90 Å². The molecule has 2 fully saturated rings. The van der Waals surface area contributed by atoms with E-state index in [4.69, 9.17) is 0 Å². The molecule has 3 heterocycles. The molecule has 0 atom stereocenters. The first-order valence-corrected chi connectivity index (χ1v) is 9.27. The van der Waals surface area contributed by atoms with Crippen molar-refractivity contribution in [2.24, 2.45) is 5.92 Å². The van der Waals surface area contributed by atoms with Gasteiger partial charge in [-0.1, -0.05) is 6.92 Å². The van der Waals surface area contributed by atoms with E-state index in [9.17, 15) is 9.59 Å². The molecule has 0 unspecified atom stereocenters. The molecule has 0 radical (unpaired) electrons. The van der Waals surface area contributed by atoms with Gasteiger partial charge in [0, 0.05) is 64.0 Å². The lowest BCUT2D eigenvalue weighted by Crippen LogP contribution is -2.52. The van der Waals surface area contributed by atoms with Gasteiger partial charge in [0.15, 0.2) is 0 Å². The molecule has 0 bridgehead atoms. The van der Waals surface area contributed by atoms with Gasteiger partial charge in [0.25, 0.3) is 0 Å². The van der Waals surface area contributed by atoms with Crippen molar-refractivity contribution in [1.29, 1.82) is 0 Å². The van der Waals surface area contributed by atoms with Gasteiger partial charge in [0.2, 0.25) is 17.8 Å². The fourth-order valence-electron chi connectivity index (χ4n) is 3.59. The van der Waals surface area contributed by atoms with Crippen LogP contribution in [0, 0.1) is 5.92 Å². The van der Waals surface area contributed by atoms with Crippen molar-refractivity contribution in [3.05, 3.63) is 18.5 Å². The maximum Gasteiger partial charge on any atom is 0.225 e. The minimum absolute atomic E-state index is 0.0604. The van der Waals surface area contributed by atoms with Gasteiger partial charge >= 0.3 is 0 Å². The predicted octanol–water partition coefficient (Wildman–Crippen LogP) is 1.16. The van der Waals surface area contributed by atoms with Crippen LogP contribution in [0.4, 0.5) is 5.95 Å². The van der Waals surface area contributed by atoms with E-state index in [1.54, 1.807) is 18.5 Å². The summed E-state index contributed by atoms with van der Waals surface area (Å²) in [5.41, 5.74) is 0. The number of aromatic nitrogens is 2. The van der Waals surface area contributed by atoms with Gasteiger partial charge in [-0.2, -0.15) is 0 Å². The van der Waals surface area contributed by atoms with Crippen LogP contribution in [-0.4, -0.2) is 70.9 Å². The highest BCUT2D eigenvalue weighted by Gasteiger charge is 2.31. The summed E-state index contributed by atoms with van der Waals surface area (Å²) >= 11 is 0. The van der Waals surface area contributed by atoms with E-state index < -0.39 is 0 Å². The van der Waals surface area contributed by atoms with Gasteiger partial charge in [0.05, 0.1) is 0 Å². The molecule has 0 N–H and O–H groups in total. The fourth-order valence-corrected chi connectivity index (χ4v) is 3.59. The predicted molar refractivity (Wildman–Crippen MR) is 95.0 cm³/mol. The van der Waals surface area contributed by atoms with Gasteiger partial charge in [-0.3, -0.25) is 9.59 Å². The molecule has 25 heavy (non-hydrogen) atoms. The summed E-state index contributed by atoms with van der Waals surface area (Å²) in [4.78, 5) is 39.3. The summed E-state index contributed by atoms with van der Waals surface area (Å²) in [7, 11) is 0. The van der Waals surface area contributed by atoms with E-state index in [0.717, 1.165) is 38.3 Å². The molecule has 7 heteroatoms. The van der Waals surface area contributed by atoms with Crippen LogP contribution in [0.5, 0.6) is 0 Å². The van der Waals surface area contributed by atoms with Crippen molar-refractivity contribution < 1.29 is 9.59 Å². The molecule has 136 valence electrons. The molecule has 1 aromatic heterocycles. The number of carbonyl (C=O) groups excluding carboxylic acids is 2. The van der Waals surface area contributed by atoms with E-state index in [-0.39, 0.29) is 17.7 Å². The zero-order valence-electron chi connectivity index (χ0n) is 14.9. The molecule has 2 amide bonds. The zero-order valence-corrected chi connectivity index (χ0v) is 14.9. The standard InChI is InChI=1S/C18H27N5O2/c1-2-4-16(24)21-9-5-15(6-10-21)17(25)22-11-13-23(14-12-22)18-19-7-3-8-20-18/h3,7-8,15H,2,4-6,9-14H2,1H3. The molecule has 0 aromatic carbocycles. The van der Waals surface area contributed by atoms with Crippen molar-refractivity contribution >= 4 is 17.8 Å². The van der Waals surface area contributed by atoms with Crippen molar-refractivity contribution in [1.82, 2.24) is 19.8 Å². The average Bonchev–Trinajstić information content (AvgIpc) is 2.68. The summed E-state index contributed by atoms with van der Waals surface area (Å²) in [6, 6.07) is 1.81. The van der Waals surface area contributed by atoms with Crippen LogP contribution in [-0.2, 0) is 9.59 Å². The Labute approximate surface area is 149 Å². The number of hydrogen-bond donors (Lipinski definition) is 0. The van der Waals surface area contributed by atoms with E-state index >= 15 is 0 Å². The number of anilines is 1. The molecular formula is C18H27N5O2. The van der Waals surface area contributed by atoms with Crippen molar-refractivity contribution in [2.75, 3.05) is 44.2 Å². The van der Waals surface area contributed by atoms with Crippen LogP contribution in [0.1, 0.15) is 32.6 Å². The Kier molecular flexibility index (Phi) is 5.83. The van der Waals surface area contributed by atoms with Gasteiger partial charge in [-0.15, -0.1) is 0 Å². The molecule has 0 aliphatic carbocycles. The Morgan fingerprint density at radius 1 is 1.00 bits per heavy atom. The second-order valence-corrected chi connectivity index (χ2v) is 6.77. The zero-order chi connectivity index (χ0) is 17.6. The fraction of sp³-hybridized carbons (Fsp3) is 0.667. The van der Waals surface area contributed by atoms with Gasteiger partial charge in [0.1, 0.15) is 0 Å². The summed E-state index contributed by atoms with van der Waals surface area (Å²) < 4.78 is 0. The quantitative estimate of drug-likeness (QED) is 0.819. The van der Waals surface area contributed by atoms with Gasteiger partial charge < -0.3 is 14.7 Å². The molecular weight excluding hydrogens is 318 g/mol. The maximum absolute atomic E-state index is 12.8. The second-order valence-electron chi connectivity index (χ2n) is 6.77. The third kappa shape index (κ3) is 4.27. The smallest absolute Gasteiger partial charge is 0.225 e. The largest absolute Gasteiger partial charge is 0.343 e. The Morgan fingerprint density at radius 2 is 1.64 bits per heavy atom. The number of nitrogens with zero attached hydrogens (tertiary/aromatic N) is 5. The van der Waals surface area contributed by atoms with Crippen molar-refractivity contribution in [3.8, 4) is 0 Å². The number of piperidine rings is 1. The summed E-state index contributed by atoms with van der Waals surface area (Å²) in [6.07, 6.45) is 6.56. The lowest BCUT2D eigenvalue weighted by atomic mass is 9.94. The molecule has 2 aliphatic rings. The normalized spacial score (nSPS) is 19.2. The monoisotopic (exact) mass is 345 g/mol. The maximum atomic E-state index is 12.8. The van der Waals surface area contributed by atoms with Crippen molar-refractivity contribution in [3.63, 3.8) is 0 Å². The molecule has 1 aromatic rings. The van der Waals surface area contributed by atoms with Crippen LogP contribution in [0.3, 0.4) is 0 Å². The topological polar surface area (TPSA) is 69.6 Å². The number of piperazine rings is 1. The number of carbonyl (C=O) groups is 2. The third-order valence-electron chi connectivity index (χ3n) is 5.09. The molecule has 0 spiro atoms. The highest BCUT2D eigenvalue weighted by Crippen LogP contribution is 2.21. The van der Waals surface area contributed by atoms with E-state index in [1.165, 1.54) is 0 Å². The van der Waals surface area contributed by atoms with Crippen LogP contribution in [0.15, 0.2) is 18.5 Å². The average molecular weight is 345 g/mol. The van der Waals surface area contributed by atoms with Gasteiger partial charge in [-0.25, -0.2) is 9.97 Å². The summed E-state index contributed by atoms with van der Waals surface area (Å²) in [5.74, 6) is 1.27. The molecule has 0 saturated carbocycles. The molecule has 3 rings (SSSR count). The van der Waals surface area contributed by atoms with E-state index in [0.29, 0.717) is 32.6 Å². The first kappa shape index (κ1) is 17.6. The Morgan fingerprint density at radius 3 is 2.24 bits per heavy atom. The molecule has 2 aliphatic heterocycles. The highest BCUT2D eigenvalue weighted by molar-refractivity contribution is 5.80. The van der Waals surface area contributed by atoms with E-state index in [1.807, 2.05) is 16.7 Å². The van der Waals surface area contributed by atoms with Gasteiger partial charge in [-0.05, 0) is 25.3 Å². The molecule has 2 saturated heterocycles. The van der Waals surface area contributed by atoms with E-state index in [2.05, 4.69) is 14.9 Å².